The predicted molar refractivity (Wildman–Crippen MR) is 53.2 cm³/mol. The van der Waals surface area contributed by atoms with Crippen LogP contribution < -0.4 is 11.1 Å². The lowest BCUT2D eigenvalue weighted by atomic mass is 10.1. The summed E-state index contributed by atoms with van der Waals surface area (Å²) in [5.74, 6) is 0.634. The minimum Gasteiger partial charge on any atom is -0.352 e. The van der Waals surface area contributed by atoms with Gasteiger partial charge < -0.3 is 11.1 Å². The maximum absolute atomic E-state index is 11.4. The van der Waals surface area contributed by atoms with Gasteiger partial charge >= 0.3 is 0 Å². The third-order valence-corrected chi connectivity index (χ3v) is 2.97. The molecule has 3 nitrogen and oxygen atoms in total. The Morgan fingerprint density at radius 2 is 2.31 bits per heavy atom. The summed E-state index contributed by atoms with van der Waals surface area (Å²) >= 11 is 0. The van der Waals surface area contributed by atoms with E-state index in [0.717, 1.165) is 6.42 Å². The molecular weight excluding hydrogens is 164 g/mol. The number of carbonyl (C=O) groups is 1. The Kier molecular flexibility index (Phi) is 3.72. The van der Waals surface area contributed by atoms with Crippen molar-refractivity contribution in [2.75, 3.05) is 0 Å². The van der Waals surface area contributed by atoms with Crippen LogP contribution in [0.5, 0.6) is 0 Å². The number of carbonyl (C=O) groups excluding carboxylic acids is 1. The van der Waals surface area contributed by atoms with E-state index in [1.54, 1.807) is 0 Å². The SMILES string of the molecule is CC[C@H](N)C(=O)NC1CCCC1C. The van der Waals surface area contributed by atoms with E-state index < -0.39 is 0 Å². The molecule has 1 amide bonds. The van der Waals surface area contributed by atoms with Crippen LogP contribution in [0.1, 0.15) is 39.5 Å². The topological polar surface area (TPSA) is 55.1 Å². The van der Waals surface area contributed by atoms with Crippen molar-refractivity contribution in [1.82, 2.24) is 5.32 Å². The molecule has 1 aliphatic rings. The maximum atomic E-state index is 11.4. The average Bonchev–Trinajstić information content (AvgIpc) is 2.50. The average molecular weight is 184 g/mol. The van der Waals surface area contributed by atoms with Crippen molar-refractivity contribution in [3.05, 3.63) is 0 Å². The van der Waals surface area contributed by atoms with Crippen LogP contribution in [0.15, 0.2) is 0 Å². The lowest BCUT2D eigenvalue weighted by Crippen LogP contribution is -2.45. The number of amides is 1. The highest BCUT2D eigenvalue weighted by molar-refractivity contribution is 5.81. The second-order valence-electron chi connectivity index (χ2n) is 4.04. The Morgan fingerprint density at radius 1 is 1.62 bits per heavy atom. The number of hydrogen-bond donors (Lipinski definition) is 2. The van der Waals surface area contributed by atoms with Crippen LogP contribution in [-0.2, 0) is 4.79 Å². The lowest BCUT2D eigenvalue weighted by molar-refractivity contribution is -0.123. The first-order valence-electron chi connectivity index (χ1n) is 5.21. The summed E-state index contributed by atoms with van der Waals surface area (Å²) in [5, 5.41) is 3.02. The van der Waals surface area contributed by atoms with Crippen molar-refractivity contribution >= 4 is 5.91 Å². The van der Waals surface area contributed by atoms with Crippen LogP contribution >= 0.6 is 0 Å². The van der Waals surface area contributed by atoms with Crippen LogP contribution in [0.2, 0.25) is 0 Å². The second kappa shape index (κ2) is 4.61. The third kappa shape index (κ3) is 2.69. The van der Waals surface area contributed by atoms with E-state index in [9.17, 15) is 4.79 Å². The van der Waals surface area contributed by atoms with Crippen molar-refractivity contribution in [2.45, 2.75) is 51.6 Å². The molecule has 0 radical (unpaired) electrons. The summed E-state index contributed by atoms with van der Waals surface area (Å²) in [6, 6.07) is 0.0397. The van der Waals surface area contributed by atoms with Crippen molar-refractivity contribution < 1.29 is 4.79 Å². The minimum absolute atomic E-state index is 0.0150. The summed E-state index contributed by atoms with van der Waals surface area (Å²) in [6.07, 6.45) is 4.29. The molecule has 1 rings (SSSR count). The third-order valence-electron chi connectivity index (χ3n) is 2.97. The van der Waals surface area contributed by atoms with Gasteiger partial charge in [0, 0.05) is 6.04 Å². The second-order valence-corrected chi connectivity index (χ2v) is 4.04. The Hall–Kier alpha value is -0.570. The molecule has 0 aromatic heterocycles. The van der Waals surface area contributed by atoms with Gasteiger partial charge in [0.15, 0.2) is 0 Å². The lowest BCUT2D eigenvalue weighted by Gasteiger charge is -2.19. The number of nitrogens with two attached hydrogens (primary N) is 1. The molecule has 0 aromatic rings. The van der Waals surface area contributed by atoms with Gasteiger partial charge in [-0.25, -0.2) is 0 Å². The van der Waals surface area contributed by atoms with Crippen molar-refractivity contribution in [1.29, 1.82) is 0 Å². The van der Waals surface area contributed by atoms with Crippen LogP contribution in [0, 0.1) is 5.92 Å². The largest absolute Gasteiger partial charge is 0.352 e. The molecule has 0 spiro atoms. The summed E-state index contributed by atoms with van der Waals surface area (Å²) in [7, 11) is 0. The zero-order valence-corrected chi connectivity index (χ0v) is 8.55. The molecule has 3 atom stereocenters. The molecule has 13 heavy (non-hydrogen) atoms. The highest BCUT2D eigenvalue weighted by Gasteiger charge is 2.25. The molecule has 3 heteroatoms. The number of hydrogen-bond acceptors (Lipinski definition) is 2. The smallest absolute Gasteiger partial charge is 0.237 e. The number of nitrogens with one attached hydrogen (secondary N) is 1. The Labute approximate surface area is 80.1 Å². The highest BCUT2D eigenvalue weighted by Crippen LogP contribution is 2.24. The molecule has 0 heterocycles. The van der Waals surface area contributed by atoms with E-state index in [1.807, 2.05) is 6.92 Å². The molecule has 1 saturated carbocycles. The number of rotatable bonds is 3. The molecule has 0 aromatic carbocycles. The van der Waals surface area contributed by atoms with Gasteiger partial charge in [0.2, 0.25) is 5.91 Å². The predicted octanol–water partition coefficient (Wildman–Crippen LogP) is 1.03. The standard InChI is InChI=1S/C10H20N2O/c1-3-8(11)10(13)12-9-6-4-5-7(9)2/h7-9H,3-6,11H2,1-2H3,(H,12,13)/t7?,8-,9?/m0/s1. The molecule has 0 bridgehead atoms. The fourth-order valence-electron chi connectivity index (χ4n) is 1.84. The van der Waals surface area contributed by atoms with Crippen LogP contribution in [0.3, 0.4) is 0 Å². The fraction of sp³-hybridized carbons (Fsp3) is 0.900. The summed E-state index contributed by atoms with van der Waals surface area (Å²) < 4.78 is 0. The normalized spacial score (nSPS) is 30.1. The molecule has 1 fully saturated rings. The summed E-state index contributed by atoms with van der Waals surface area (Å²) in [4.78, 5) is 11.4. The zero-order valence-electron chi connectivity index (χ0n) is 8.55. The summed E-state index contributed by atoms with van der Waals surface area (Å²) in [5.41, 5.74) is 5.63. The Balaban J connectivity index is 2.35. The van der Waals surface area contributed by atoms with E-state index in [1.165, 1.54) is 12.8 Å². The molecule has 3 N–H and O–H groups in total. The first-order valence-corrected chi connectivity index (χ1v) is 5.21. The fourth-order valence-corrected chi connectivity index (χ4v) is 1.84. The monoisotopic (exact) mass is 184 g/mol. The Bertz CT molecular complexity index is 182. The van der Waals surface area contributed by atoms with Crippen molar-refractivity contribution in [2.24, 2.45) is 11.7 Å². The van der Waals surface area contributed by atoms with Gasteiger partial charge in [0.25, 0.3) is 0 Å². The molecule has 2 unspecified atom stereocenters. The van der Waals surface area contributed by atoms with Crippen LogP contribution in [0.4, 0.5) is 0 Å². The Morgan fingerprint density at radius 3 is 2.77 bits per heavy atom. The molecule has 76 valence electrons. The van der Waals surface area contributed by atoms with Crippen LogP contribution in [-0.4, -0.2) is 18.0 Å². The zero-order chi connectivity index (χ0) is 9.84. The van der Waals surface area contributed by atoms with E-state index in [4.69, 9.17) is 5.73 Å². The molecule has 0 saturated heterocycles. The minimum atomic E-state index is -0.326. The van der Waals surface area contributed by atoms with Crippen molar-refractivity contribution in [3.63, 3.8) is 0 Å². The van der Waals surface area contributed by atoms with E-state index in [2.05, 4.69) is 12.2 Å². The molecule has 1 aliphatic carbocycles. The first kappa shape index (κ1) is 10.5. The van der Waals surface area contributed by atoms with Gasteiger partial charge in [-0.3, -0.25) is 4.79 Å². The maximum Gasteiger partial charge on any atom is 0.237 e. The van der Waals surface area contributed by atoms with Gasteiger partial charge in [-0.05, 0) is 25.2 Å². The van der Waals surface area contributed by atoms with E-state index in [0.29, 0.717) is 18.4 Å². The van der Waals surface area contributed by atoms with Crippen molar-refractivity contribution in [3.8, 4) is 0 Å². The molecule has 0 aliphatic heterocycles. The molecular formula is C10H20N2O. The first-order chi connectivity index (χ1) is 6.15. The summed E-state index contributed by atoms with van der Waals surface area (Å²) in [6.45, 7) is 4.12. The van der Waals surface area contributed by atoms with Crippen LogP contribution in [0.25, 0.3) is 0 Å². The van der Waals surface area contributed by atoms with Gasteiger partial charge in [0.05, 0.1) is 6.04 Å². The highest BCUT2D eigenvalue weighted by atomic mass is 16.2. The van der Waals surface area contributed by atoms with E-state index >= 15 is 0 Å². The van der Waals surface area contributed by atoms with E-state index in [-0.39, 0.29) is 11.9 Å². The van der Waals surface area contributed by atoms with Gasteiger partial charge in [-0.2, -0.15) is 0 Å². The quantitative estimate of drug-likeness (QED) is 0.688. The van der Waals surface area contributed by atoms with Gasteiger partial charge in [-0.1, -0.05) is 20.3 Å². The van der Waals surface area contributed by atoms with Gasteiger partial charge in [-0.15, -0.1) is 0 Å². The van der Waals surface area contributed by atoms with Gasteiger partial charge in [0.1, 0.15) is 0 Å².